The lowest BCUT2D eigenvalue weighted by molar-refractivity contribution is -0.134. The first-order valence-corrected chi connectivity index (χ1v) is 21.7. The molecular formula is C51H58N4O7. The molecule has 11 nitrogen and oxygen atoms in total. The van der Waals surface area contributed by atoms with E-state index in [0.29, 0.717) is 56.9 Å². The normalized spacial score (nSPS) is 12.5. The molecule has 0 saturated heterocycles. The molecule has 11 heteroatoms. The van der Waals surface area contributed by atoms with Crippen molar-refractivity contribution < 1.29 is 33.4 Å². The standard InChI is InChI=1S/C51H58N4O7/c56-40-52-47-36-42(26-27-48(47)60-37-43-18-8-2-9-19-43)29-32-54(51(59)62-39-45-22-12-4-13-23-45)34-35-55(46-24-14-5-15-25-46)49(57)30-33-53(31-28-41-16-6-1-7-17-41)50(58)61-38-44-20-10-3-11-21-44/h1-4,6-13,16-23,26-27,36,40,46H,5,14-15,24-25,28-35,37-39H2,(H,52,56). The van der Waals surface area contributed by atoms with Gasteiger partial charge in [-0.2, -0.15) is 0 Å². The minimum atomic E-state index is -0.479. The van der Waals surface area contributed by atoms with Crippen LogP contribution in [0.2, 0.25) is 0 Å². The molecule has 0 heterocycles. The molecular weight excluding hydrogens is 781 g/mol. The second-order valence-electron chi connectivity index (χ2n) is 15.5. The highest BCUT2D eigenvalue weighted by Crippen LogP contribution is 2.27. The van der Waals surface area contributed by atoms with E-state index in [4.69, 9.17) is 14.2 Å². The lowest BCUT2D eigenvalue weighted by Crippen LogP contribution is -2.48. The van der Waals surface area contributed by atoms with Gasteiger partial charge in [0.05, 0.1) is 5.69 Å². The first-order valence-electron chi connectivity index (χ1n) is 21.7. The van der Waals surface area contributed by atoms with Gasteiger partial charge in [-0.1, -0.05) is 147 Å². The highest BCUT2D eigenvalue weighted by atomic mass is 16.6. The van der Waals surface area contributed by atoms with Crippen molar-refractivity contribution in [3.8, 4) is 5.75 Å². The fourth-order valence-electron chi connectivity index (χ4n) is 7.66. The summed E-state index contributed by atoms with van der Waals surface area (Å²) in [6.07, 6.45) is 5.81. The van der Waals surface area contributed by atoms with Gasteiger partial charge < -0.3 is 34.2 Å². The predicted octanol–water partition coefficient (Wildman–Crippen LogP) is 9.45. The van der Waals surface area contributed by atoms with Crippen molar-refractivity contribution in [1.29, 1.82) is 0 Å². The molecule has 62 heavy (non-hydrogen) atoms. The number of carbonyl (C=O) groups excluding carboxylic acids is 4. The quantitative estimate of drug-likeness (QED) is 0.0691. The number of anilines is 1. The Kier molecular flexibility index (Phi) is 17.8. The third kappa shape index (κ3) is 14.5. The third-order valence-corrected chi connectivity index (χ3v) is 11.1. The maximum Gasteiger partial charge on any atom is 0.410 e. The van der Waals surface area contributed by atoms with Gasteiger partial charge in [0.1, 0.15) is 25.6 Å². The average Bonchev–Trinajstić information content (AvgIpc) is 3.32. The SMILES string of the molecule is O=CNc1cc(CCN(CCN(C(=O)CCN(CCc2ccccc2)C(=O)OCc2ccccc2)C2CCCCC2)C(=O)OCc2ccccc2)ccc1OCc1ccccc1. The summed E-state index contributed by atoms with van der Waals surface area (Å²) in [5.41, 5.74) is 5.26. The summed E-state index contributed by atoms with van der Waals surface area (Å²) in [5.74, 6) is 0.472. The number of hydrogen-bond donors (Lipinski definition) is 1. The van der Waals surface area contributed by atoms with Crippen LogP contribution in [0.3, 0.4) is 0 Å². The molecule has 1 fully saturated rings. The molecule has 6 rings (SSSR count). The van der Waals surface area contributed by atoms with E-state index in [-0.39, 0.29) is 44.7 Å². The Morgan fingerprint density at radius 1 is 0.548 bits per heavy atom. The number of hydrogen-bond acceptors (Lipinski definition) is 7. The first-order chi connectivity index (χ1) is 30.4. The summed E-state index contributed by atoms with van der Waals surface area (Å²) in [6, 6.07) is 44.5. The van der Waals surface area contributed by atoms with Crippen molar-refractivity contribution in [3.05, 3.63) is 167 Å². The number of rotatable bonds is 22. The largest absolute Gasteiger partial charge is 0.487 e. The Morgan fingerprint density at radius 3 is 1.60 bits per heavy atom. The zero-order valence-corrected chi connectivity index (χ0v) is 35.4. The maximum atomic E-state index is 14.3. The molecule has 0 unspecified atom stereocenters. The number of nitrogens with zero attached hydrogens (tertiary/aromatic N) is 3. The van der Waals surface area contributed by atoms with Crippen molar-refractivity contribution in [3.63, 3.8) is 0 Å². The number of ether oxygens (including phenoxy) is 3. The van der Waals surface area contributed by atoms with Crippen molar-refractivity contribution in [1.82, 2.24) is 14.7 Å². The number of nitrogens with one attached hydrogen (secondary N) is 1. The molecule has 5 aromatic carbocycles. The fraction of sp³-hybridized carbons (Fsp3) is 0.333. The molecule has 0 spiro atoms. The lowest BCUT2D eigenvalue weighted by Gasteiger charge is -2.36. The minimum absolute atomic E-state index is 0.0293. The van der Waals surface area contributed by atoms with Crippen LogP contribution in [0.15, 0.2) is 140 Å². The van der Waals surface area contributed by atoms with Gasteiger partial charge in [-0.15, -0.1) is 0 Å². The highest BCUT2D eigenvalue weighted by Gasteiger charge is 2.28. The molecule has 0 aliphatic heterocycles. The molecule has 324 valence electrons. The van der Waals surface area contributed by atoms with Crippen LogP contribution in [0, 0.1) is 0 Å². The minimum Gasteiger partial charge on any atom is -0.487 e. The van der Waals surface area contributed by atoms with E-state index in [0.717, 1.165) is 59.9 Å². The van der Waals surface area contributed by atoms with Gasteiger partial charge >= 0.3 is 12.2 Å². The monoisotopic (exact) mass is 838 g/mol. The smallest absolute Gasteiger partial charge is 0.410 e. The second-order valence-corrected chi connectivity index (χ2v) is 15.5. The van der Waals surface area contributed by atoms with Crippen LogP contribution in [0.4, 0.5) is 15.3 Å². The summed E-state index contributed by atoms with van der Waals surface area (Å²) in [6.45, 7) is 2.08. The van der Waals surface area contributed by atoms with E-state index in [1.807, 2.05) is 144 Å². The van der Waals surface area contributed by atoms with Gasteiger partial charge in [-0.05, 0) is 65.6 Å². The van der Waals surface area contributed by atoms with Crippen molar-refractivity contribution in [2.45, 2.75) is 77.2 Å². The Hall–Kier alpha value is -6.62. The van der Waals surface area contributed by atoms with Crippen molar-refractivity contribution >= 4 is 30.2 Å². The lowest BCUT2D eigenvalue weighted by atomic mass is 9.94. The Labute approximate surface area is 365 Å². The van der Waals surface area contributed by atoms with E-state index in [9.17, 15) is 19.2 Å². The van der Waals surface area contributed by atoms with E-state index in [1.165, 1.54) is 0 Å². The molecule has 0 aromatic heterocycles. The van der Waals surface area contributed by atoms with Crippen LogP contribution in [-0.4, -0.2) is 78.0 Å². The van der Waals surface area contributed by atoms with Crippen molar-refractivity contribution in [2.75, 3.05) is 38.0 Å². The molecule has 0 bridgehead atoms. The van der Waals surface area contributed by atoms with Gasteiger partial charge in [0, 0.05) is 45.2 Å². The Morgan fingerprint density at radius 2 is 1.05 bits per heavy atom. The zero-order chi connectivity index (χ0) is 43.2. The number of carbonyl (C=O) groups is 4. The van der Waals surface area contributed by atoms with Gasteiger partial charge in [0.25, 0.3) is 0 Å². The van der Waals surface area contributed by atoms with Crippen LogP contribution < -0.4 is 10.1 Å². The van der Waals surface area contributed by atoms with E-state index in [1.54, 1.807) is 9.80 Å². The molecule has 1 aliphatic carbocycles. The molecule has 1 N–H and O–H groups in total. The molecule has 0 radical (unpaired) electrons. The van der Waals surface area contributed by atoms with Crippen LogP contribution >= 0.6 is 0 Å². The van der Waals surface area contributed by atoms with Gasteiger partial charge in [-0.3, -0.25) is 9.59 Å². The molecule has 4 amide bonds. The fourth-order valence-corrected chi connectivity index (χ4v) is 7.66. The molecule has 5 aromatic rings. The molecule has 0 atom stereocenters. The summed E-state index contributed by atoms with van der Waals surface area (Å²) < 4.78 is 17.6. The summed E-state index contributed by atoms with van der Waals surface area (Å²) in [7, 11) is 0. The summed E-state index contributed by atoms with van der Waals surface area (Å²) in [5, 5.41) is 2.76. The Bertz CT molecular complexity index is 2120. The first kappa shape index (κ1) is 44.9. The highest BCUT2D eigenvalue weighted by molar-refractivity contribution is 5.78. The van der Waals surface area contributed by atoms with Gasteiger partial charge in [-0.25, -0.2) is 9.59 Å². The number of benzene rings is 5. The average molecular weight is 839 g/mol. The second kappa shape index (κ2) is 24.6. The van der Waals surface area contributed by atoms with Crippen molar-refractivity contribution in [2.24, 2.45) is 0 Å². The topological polar surface area (TPSA) is 118 Å². The van der Waals surface area contributed by atoms with Crippen LogP contribution in [-0.2, 0) is 51.7 Å². The summed E-state index contributed by atoms with van der Waals surface area (Å²) >= 11 is 0. The Balaban J connectivity index is 1.14. The maximum absolute atomic E-state index is 14.3. The molecule has 1 saturated carbocycles. The zero-order valence-electron chi connectivity index (χ0n) is 35.4. The van der Waals surface area contributed by atoms with E-state index in [2.05, 4.69) is 5.32 Å². The van der Waals surface area contributed by atoms with Crippen LogP contribution in [0.5, 0.6) is 5.75 Å². The van der Waals surface area contributed by atoms with Gasteiger partial charge in [0.15, 0.2) is 0 Å². The number of amides is 4. The third-order valence-electron chi connectivity index (χ3n) is 11.1. The summed E-state index contributed by atoms with van der Waals surface area (Å²) in [4.78, 5) is 58.5. The van der Waals surface area contributed by atoms with E-state index < -0.39 is 12.2 Å². The predicted molar refractivity (Wildman–Crippen MR) is 240 cm³/mol. The van der Waals surface area contributed by atoms with Gasteiger partial charge in [0.2, 0.25) is 12.3 Å². The molecule has 1 aliphatic rings. The van der Waals surface area contributed by atoms with Crippen LogP contribution in [0.25, 0.3) is 0 Å². The van der Waals surface area contributed by atoms with E-state index >= 15 is 0 Å². The van der Waals surface area contributed by atoms with Crippen LogP contribution in [0.1, 0.15) is 66.3 Å².